The van der Waals surface area contributed by atoms with Gasteiger partial charge in [0.15, 0.2) is 23.0 Å². The van der Waals surface area contributed by atoms with Gasteiger partial charge in [-0.2, -0.15) is 0 Å². The second kappa shape index (κ2) is 9.85. The second-order valence-corrected chi connectivity index (χ2v) is 12.3. The summed E-state index contributed by atoms with van der Waals surface area (Å²) in [5.74, 6) is -2.06. The van der Waals surface area contributed by atoms with Gasteiger partial charge in [-0.05, 0) is 52.0 Å². The molecular formula is C23H29N3O9S2. The third-order valence-electron chi connectivity index (χ3n) is 5.87. The van der Waals surface area contributed by atoms with E-state index in [1.165, 1.54) is 41.8 Å². The molecular weight excluding hydrogens is 526 g/mol. The van der Waals surface area contributed by atoms with Gasteiger partial charge in [-0.15, -0.1) is 11.3 Å². The van der Waals surface area contributed by atoms with E-state index in [9.17, 15) is 13.2 Å². The van der Waals surface area contributed by atoms with Crippen molar-refractivity contribution in [1.29, 1.82) is 0 Å². The van der Waals surface area contributed by atoms with Crippen molar-refractivity contribution in [3.05, 3.63) is 35.8 Å². The van der Waals surface area contributed by atoms with Crippen molar-refractivity contribution in [2.24, 2.45) is 0 Å². The molecule has 3 aliphatic rings. The highest BCUT2D eigenvalue weighted by Crippen LogP contribution is 2.44. The number of amides is 1. The Labute approximate surface area is 218 Å². The first kappa shape index (κ1) is 26.4. The van der Waals surface area contributed by atoms with Gasteiger partial charge in [0, 0.05) is 17.3 Å². The van der Waals surface area contributed by atoms with Gasteiger partial charge in [0.25, 0.3) is 10.0 Å². The molecule has 5 atom stereocenters. The van der Waals surface area contributed by atoms with E-state index in [0.717, 1.165) is 0 Å². The van der Waals surface area contributed by atoms with Crippen LogP contribution in [0.1, 0.15) is 27.7 Å². The number of hydrogen-bond acceptors (Lipinski definition) is 11. The van der Waals surface area contributed by atoms with Crippen LogP contribution >= 0.6 is 11.3 Å². The van der Waals surface area contributed by atoms with E-state index in [-0.39, 0.29) is 23.2 Å². The highest BCUT2D eigenvalue weighted by Gasteiger charge is 2.60. The van der Waals surface area contributed by atoms with Crippen molar-refractivity contribution in [2.75, 3.05) is 23.3 Å². The van der Waals surface area contributed by atoms with Gasteiger partial charge in [-0.3, -0.25) is 9.52 Å². The molecule has 4 heterocycles. The molecule has 0 unspecified atom stereocenters. The first-order chi connectivity index (χ1) is 17.4. The fourth-order valence-corrected chi connectivity index (χ4v) is 6.25. The SMILES string of the molecule is CC1(C)O[C@@H]2O[C@H](COCC(=O)Nc3ccc(S(=O)(=O)Nc4nccs4)cc3)[C@@H]3OC(C)(C)O[C@H]3[C@@H]2O1. The van der Waals surface area contributed by atoms with Crippen LogP contribution in [0.15, 0.2) is 40.7 Å². The molecule has 3 aliphatic heterocycles. The number of anilines is 2. The molecule has 0 bridgehead atoms. The maximum atomic E-state index is 12.4. The lowest BCUT2D eigenvalue weighted by molar-refractivity contribution is -0.242. The molecule has 1 aromatic heterocycles. The second-order valence-electron chi connectivity index (χ2n) is 9.74. The summed E-state index contributed by atoms with van der Waals surface area (Å²) in [4.78, 5) is 16.4. The number of thiazole rings is 1. The average Bonchev–Trinajstić information content (AvgIpc) is 3.50. The highest BCUT2D eigenvalue weighted by molar-refractivity contribution is 7.93. The smallest absolute Gasteiger partial charge is 0.263 e. The maximum absolute atomic E-state index is 12.4. The van der Waals surface area contributed by atoms with E-state index in [2.05, 4.69) is 15.0 Å². The van der Waals surface area contributed by atoms with Crippen LogP contribution in [0, 0.1) is 0 Å². The molecule has 1 aromatic carbocycles. The van der Waals surface area contributed by atoms with E-state index >= 15 is 0 Å². The molecule has 0 aliphatic carbocycles. The van der Waals surface area contributed by atoms with Gasteiger partial charge >= 0.3 is 0 Å². The van der Waals surface area contributed by atoms with E-state index in [1.54, 1.807) is 19.2 Å². The number of nitrogens with zero attached hydrogens (tertiary/aromatic N) is 1. The zero-order valence-corrected chi connectivity index (χ0v) is 22.3. The first-order valence-corrected chi connectivity index (χ1v) is 14.0. The Kier molecular flexibility index (Phi) is 7.04. The van der Waals surface area contributed by atoms with E-state index in [4.69, 9.17) is 28.4 Å². The van der Waals surface area contributed by atoms with E-state index in [0.29, 0.717) is 5.69 Å². The summed E-state index contributed by atoms with van der Waals surface area (Å²) < 4.78 is 62.9. The zero-order valence-electron chi connectivity index (χ0n) is 20.7. The van der Waals surface area contributed by atoms with Crippen molar-refractivity contribution < 1.29 is 41.6 Å². The number of hydrogen-bond donors (Lipinski definition) is 2. The van der Waals surface area contributed by atoms with E-state index in [1.807, 2.05) is 13.8 Å². The topological polar surface area (TPSA) is 144 Å². The summed E-state index contributed by atoms with van der Waals surface area (Å²) in [5.41, 5.74) is 0.423. The van der Waals surface area contributed by atoms with E-state index < -0.39 is 58.2 Å². The fraction of sp³-hybridized carbons (Fsp3) is 0.565. The molecule has 0 saturated carbocycles. The number of ether oxygens (including phenoxy) is 6. The molecule has 2 aromatic rings. The lowest BCUT2D eigenvalue weighted by atomic mass is 9.99. The predicted molar refractivity (Wildman–Crippen MR) is 131 cm³/mol. The highest BCUT2D eigenvalue weighted by atomic mass is 32.2. The van der Waals surface area contributed by atoms with Crippen LogP contribution in [0.2, 0.25) is 0 Å². The summed E-state index contributed by atoms with van der Waals surface area (Å²) in [7, 11) is -3.78. The minimum atomic E-state index is -3.78. The number of rotatable bonds is 8. The van der Waals surface area contributed by atoms with Crippen molar-refractivity contribution in [3.63, 3.8) is 0 Å². The molecule has 1 amide bonds. The number of aromatic nitrogens is 1. The third-order valence-corrected chi connectivity index (χ3v) is 8.04. The van der Waals surface area contributed by atoms with Crippen molar-refractivity contribution >= 4 is 38.1 Å². The largest absolute Gasteiger partial charge is 0.369 e. The van der Waals surface area contributed by atoms with Crippen LogP contribution in [-0.4, -0.2) is 74.8 Å². The summed E-state index contributed by atoms with van der Waals surface area (Å²) in [5, 5.41) is 4.62. The Morgan fingerprint density at radius 2 is 1.70 bits per heavy atom. The van der Waals surface area contributed by atoms with Crippen molar-refractivity contribution in [1.82, 2.24) is 4.98 Å². The molecule has 37 heavy (non-hydrogen) atoms. The lowest BCUT2D eigenvalue weighted by Gasteiger charge is -2.37. The predicted octanol–water partition coefficient (Wildman–Crippen LogP) is 2.30. The number of nitrogens with one attached hydrogen (secondary N) is 2. The molecule has 5 rings (SSSR count). The quantitative estimate of drug-likeness (QED) is 0.498. The minimum Gasteiger partial charge on any atom is -0.369 e. The van der Waals surface area contributed by atoms with Crippen LogP contribution in [0.25, 0.3) is 0 Å². The Bertz CT molecular complexity index is 1220. The summed E-state index contributed by atoms with van der Waals surface area (Å²) >= 11 is 1.17. The Balaban J connectivity index is 1.14. The lowest BCUT2D eigenvalue weighted by Crippen LogP contribution is -2.56. The Hall–Kier alpha value is -2.17. The van der Waals surface area contributed by atoms with Crippen molar-refractivity contribution in [3.8, 4) is 0 Å². The number of sulfonamides is 1. The molecule has 0 radical (unpaired) electrons. The van der Waals surface area contributed by atoms with Crippen LogP contribution < -0.4 is 10.0 Å². The number of carbonyl (C=O) groups is 1. The average molecular weight is 556 g/mol. The molecule has 12 nitrogen and oxygen atoms in total. The summed E-state index contributed by atoms with van der Waals surface area (Å²) in [6.07, 6.45) is -0.970. The number of fused-ring (bicyclic) bond motifs is 3. The van der Waals surface area contributed by atoms with Gasteiger partial charge in [0.05, 0.1) is 11.5 Å². The molecule has 14 heteroatoms. The Morgan fingerprint density at radius 1 is 1.03 bits per heavy atom. The van der Waals surface area contributed by atoms with Gasteiger partial charge in [0.2, 0.25) is 5.91 Å². The first-order valence-electron chi connectivity index (χ1n) is 11.7. The molecule has 0 spiro atoms. The van der Waals surface area contributed by atoms with Crippen LogP contribution in [0.5, 0.6) is 0 Å². The maximum Gasteiger partial charge on any atom is 0.263 e. The van der Waals surface area contributed by atoms with Crippen LogP contribution in [-0.2, 0) is 43.2 Å². The zero-order chi connectivity index (χ0) is 26.4. The number of carbonyl (C=O) groups excluding carboxylic acids is 1. The molecule has 202 valence electrons. The molecule has 2 N–H and O–H groups in total. The van der Waals surface area contributed by atoms with Gasteiger partial charge in [-0.25, -0.2) is 13.4 Å². The Morgan fingerprint density at radius 3 is 2.41 bits per heavy atom. The monoisotopic (exact) mass is 555 g/mol. The van der Waals surface area contributed by atoms with Crippen LogP contribution in [0.4, 0.5) is 10.8 Å². The third kappa shape index (κ3) is 5.96. The van der Waals surface area contributed by atoms with Gasteiger partial charge < -0.3 is 33.7 Å². The molecule has 3 saturated heterocycles. The van der Waals surface area contributed by atoms with Crippen LogP contribution in [0.3, 0.4) is 0 Å². The van der Waals surface area contributed by atoms with Gasteiger partial charge in [0.1, 0.15) is 31.0 Å². The summed E-state index contributed by atoms with van der Waals surface area (Å²) in [6, 6.07) is 5.77. The molecule has 3 fully saturated rings. The number of benzene rings is 1. The standard InChI is InChI=1S/C23H29N3O9S2/c1-22(2)32-17-15(31-20-19(18(17)33-22)34-23(3,4)35-20)11-30-12-16(27)25-13-5-7-14(8-6-13)37(28,29)26-21-24-9-10-36-21/h5-10,15,17-20H,11-12H2,1-4H3,(H,24,26)(H,25,27)/t15-,17+,18-,19+,20+/m1/s1. The minimum absolute atomic E-state index is 0.0438. The van der Waals surface area contributed by atoms with Gasteiger partial charge in [-0.1, -0.05) is 0 Å². The summed E-state index contributed by atoms with van der Waals surface area (Å²) in [6.45, 7) is 7.07. The van der Waals surface area contributed by atoms with Crippen molar-refractivity contribution in [2.45, 2.75) is 74.9 Å². The fourth-order valence-electron chi connectivity index (χ4n) is 4.46. The normalized spacial score (nSPS) is 29.9.